The van der Waals surface area contributed by atoms with E-state index in [0.717, 1.165) is 11.1 Å². The summed E-state index contributed by atoms with van der Waals surface area (Å²) < 4.78 is 27.3. The molecule has 30 heavy (non-hydrogen) atoms. The van der Waals surface area contributed by atoms with Crippen molar-refractivity contribution in [2.45, 2.75) is 13.1 Å². The van der Waals surface area contributed by atoms with Gasteiger partial charge in [0.25, 0.3) is 0 Å². The summed E-state index contributed by atoms with van der Waals surface area (Å²) in [4.78, 5) is 4.27. The molecule has 0 saturated heterocycles. The van der Waals surface area contributed by atoms with Gasteiger partial charge in [0.15, 0.2) is 29.0 Å². The second kappa shape index (κ2) is 10.2. The number of aliphatic imine (C=N–C) groups is 1. The standard InChI is InChI=1S/C21H26ClN3O5/c1-23-21(24-11-13-7-15(22)19-18(10-13)29-5-6-30-19)25-12-14-8-16(26-2)20(28-4)17(9-14)27-3/h7-10H,5-6,11-12H2,1-4H3,(H2,23,24,25). The van der Waals surface area contributed by atoms with Crippen LogP contribution >= 0.6 is 11.6 Å². The third-order valence-corrected chi connectivity index (χ3v) is 4.81. The van der Waals surface area contributed by atoms with Crippen LogP contribution in [0.25, 0.3) is 0 Å². The quantitative estimate of drug-likeness (QED) is 0.511. The van der Waals surface area contributed by atoms with Crippen LogP contribution in [-0.2, 0) is 13.1 Å². The highest BCUT2D eigenvalue weighted by atomic mass is 35.5. The van der Waals surface area contributed by atoms with Crippen molar-refractivity contribution < 1.29 is 23.7 Å². The van der Waals surface area contributed by atoms with E-state index in [4.69, 9.17) is 35.3 Å². The molecule has 1 heterocycles. The molecule has 2 N–H and O–H groups in total. The van der Waals surface area contributed by atoms with Gasteiger partial charge >= 0.3 is 0 Å². The SMILES string of the molecule is CN=C(NCc1cc(Cl)c2c(c1)OCCO2)NCc1cc(OC)c(OC)c(OC)c1. The molecule has 1 aliphatic rings. The summed E-state index contributed by atoms with van der Waals surface area (Å²) in [5.41, 5.74) is 1.91. The maximum Gasteiger partial charge on any atom is 0.203 e. The Labute approximate surface area is 181 Å². The van der Waals surface area contributed by atoms with Crippen molar-refractivity contribution in [3.63, 3.8) is 0 Å². The van der Waals surface area contributed by atoms with Crippen LogP contribution in [0, 0.1) is 0 Å². The minimum Gasteiger partial charge on any atom is -0.493 e. The van der Waals surface area contributed by atoms with E-state index in [-0.39, 0.29) is 0 Å². The zero-order valence-corrected chi connectivity index (χ0v) is 18.3. The van der Waals surface area contributed by atoms with Gasteiger partial charge in [-0.3, -0.25) is 4.99 Å². The highest BCUT2D eigenvalue weighted by molar-refractivity contribution is 6.32. The zero-order chi connectivity index (χ0) is 21.5. The Morgan fingerprint density at radius 2 is 1.53 bits per heavy atom. The number of methoxy groups -OCH3 is 3. The molecule has 2 aromatic rings. The Bertz CT molecular complexity index is 895. The van der Waals surface area contributed by atoms with Crippen molar-refractivity contribution in [2.24, 2.45) is 4.99 Å². The van der Waals surface area contributed by atoms with E-state index in [1.54, 1.807) is 28.4 Å². The lowest BCUT2D eigenvalue weighted by atomic mass is 10.1. The number of benzene rings is 2. The molecule has 162 valence electrons. The van der Waals surface area contributed by atoms with Crippen LogP contribution in [0.2, 0.25) is 5.02 Å². The normalized spacial score (nSPS) is 12.9. The maximum absolute atomic E-state index is 6.31. The first-order chi connectivity index (χ1) is 14.6. The molecule has 9 heteroatoms. The summed E-state index contributed by atoms with van der Waals surface area (Å²) in [6.07, 6.45) is 0. The molecule has 0 atom stereocenters. The smallest absolute Gasteiger partial charge is 0.203 e. The minimum atomic E-state index is 0.502. The highest BCUT2D eigenvalue weighted by Gasteiger charge is 2.17. The van der Waals surface area contributed by atoms with Gasteiger partial charge in [0, 0.05) is 20.1 Å². The fourth-order valence-corrected chi connectivity index (χ4v) is 3.38. The molecule has 0 amide bonds. The van der Waals surface area contributed by atoms with Crippen molar-refractivity contribution >= 4 is 17.6 Å². The highest BCUT2D eigenvalue weighted by Crippen LogP contribution is 2.39. The Morgan fingerprint density at radius 3 is 2.10 bits per heavy atom. The monoisotopic (exact) mass is 435 g/mol. The number of hydrogen-bond donors (Lipinski definition) is 2. The van der Waals surface area contributed by atoms with Crippen LogP contribution in [0.1, 0.15) is 11.1 Å². The van der Waals surface area contributed by atoms with E-state index >= 15 is 0 Å². The zero-order valence-electron chi connectivity index (χ0n) is 17.5. The lowest BCUT2D eigenvalue weighted by Gasteiger charge is -2.20. The first-order valence-electron chi connectivity index (χ1n) is 9.41. The number of hydrogen-bond acceptors (Lipinski definition) is 6. The van der Waals surface area contributed by atoms with Crippen molar-refractivity contribution in [3.8, 4) is 28.7 Å². The molecule has 0 bridgehead atoms. The maximum atomic E-state index is 6.31. The third-order valence-electron chi connectivity index (χ3n) is 4.52. The second-order valence-corrected chi connectivity index (χ2v) is 6.82. The van der Waals surface area contributed by atoms with Crippen LogP contribution in [0.15, 0.2) is 29.3 Å². The largest absolute Gasteiger partial charge is 0.493 e. The van der Waals surface area contributed by atoms with Crippen LogP contribution in [-0.4, -0.2) is 47.6 Å². The molecule has 0 aromatic heterocycles. The number of nitrogens with zero attached hydrogens (tertiary/aromatic N) is 1. The van der Waals surface area contributed by atoms with Gasteiger partial charge in [-0.2, -0.15) is 0 Å². The summed E-state index contributed by atoms with van der Waals surface area (Å²) in [6, 6.07) is 7.55. The lowest BCUT2D eigenvalue weighted by molar-refractivity contribution is 0.171. The number of fused-ring (bicyclic) bond motifs is 1. The average molecular weight is 436 g/mol. The average Bonchev–Trinajstić information content (AvgIpc) is 2.78. The lowest BCUT2D eigenvalue weighted by Crippen LogP contribution is -2.36. The van der Waals surface area contributed by atoms with Crippen LogP contribution in [0.5, 0.6) is 28.7 Å². The molecule has 0 unspecified atom stereocenters. The second-order valence-electron chi connectivity index (χ2n) is 6.41. The van der Waals surface area contributed by atoms with Crippen molar-refractivity contribution in [1.82, 2.24) is 10.6 Å². The van der Waals surface area contributed by atoms with Gasteiger partial charge in [0.05, 0.1) is 26.4 Å². The summed E-state index contributed by atoms with van der Waals surface area (Å²) in [7, 11) is 6.47. The molecule has 1 aliphatic heterocycles. The van der Waals surface area contributed by atoms with Crippen LogP contribution in [0.3, 0.4) is 0 Å². The van der Waals surface area contributed by atoms with E-state index in [2.05, 4.69) is 15.6 Å². The van der Waals surface area contributed by atoms with Crippen LogP contribution in [0.4, 0.5) is 0 Å². The molecule has 0 fully saturated rings. The van der Waals surface area contributed by atoms with Gasteiger partial charge in [0.1, 0.15) is 13.2 Å². The van der Waals surface area contributed by atoms with E-state index in [9.17, 15) is 0 Å². The first-order valence-corrected chi connectivity index (χ1v) is 9.78. The first kappa shape index (κ1) is 21.7. The Hall–Kier alpha value is -3.00. The van der Waals surface area contributed by atoms with Gasteiger partial charge in [0.2, 0.25) is 5.75 Å². The molecule has 8 nitrogen and oxygen atoms in total. The van der Waals surface area contributed by atoms with E-state index in [0.29, 0.717) is 66.0 Å². The van der Waals surface area contributed by atoms with E-state index in [1.165, 1.54) is 0 Å². The predicted octanol–water partition coefficient (Wildman–Crippen LogP) is 3.00. The molecule has 0 spiro atoms. The number of guanidine groups is 1. The molecule has 0 radical (unpaired) electrons. The Kier molecular flexibility index (Phi) is 7.35. The molecule has 3 rings (SSSR count). The predicted molar refractivity (Wildman–Crippen MR) is 116 cm³/mol. The summed E-state index contributed by atoms with van der Waals surface area (Å²) in [6.45, 7) is 2.05. The summed E-state index contributed by atoms with van der Waals surface area (Å²) in [5.74, 6) is 3.64. The fraction of sp³-hybridized carbons (Fsp3) is 0.381. The van der Waals surface area contributed by atoms with Gasteiger partial charge < -0.3 is 34.3 Å². The van der Waals surface area contributed by atoms with Crippen molar-refractivity contribution in [3.05, 3.63) is 40.4 Å². The fourth-order valence-electron chi connectivity index (χ4n) is 3.10. The van der Waals surface area contributed by atoms with Gasteiger partial charge in [-0.15, -0.1) is 0 Å². The Morgan fingerprint density at radius 1 is 0.933 bits per heavy atom. The molecule has 2 aromatic carbocycles. The number of rotatable bonds is 7. The summed E-state index contributed by atoms with van der Waals surface area (Å²) in [5, 5.41) is 7.07. The van der Waals surface area contributed by atoms with Crippen LogP contribution < -0.4 is 34.3 Å². The Balaban J connectivity index is 1.64. The summed E-state index contributed by atoms with van der Waals surface area (Å²) >= 11 is 6.31. The van der Waals surface area contributed by atoms with Gasteiger partial charge in [-0.05, 0) is 35.4 Å². The molecular formula is C21H26ClN3O5. The molecule has 0 aliphatic carbocycles. The number of ether oxygens (including phenoxy) is 5. The van der Waals surface area contributed by atoms with E-state index < -0.39 is 0 Å². The van der Waals surface area contributed by atoms with Gasteiger partial charge in [-0.25, -0.2) is 0 Å². The topological polar surface area (TPSA) is 82.6 Å². The third kappa shape index (κ3) is 4.94. The molecule has 0 saturated carbocycles. The number of halogens is 1. The molecular weight excluding hydrogens is 410 g/mol. The van der Waals surface area contributed by atoms with Crippen molar-refractivity contribution in [2.75, 3.05) is 41.6 Å². The van der Waals surface area contributed by atoms with Crippen molar-refractivity contribution in [1.29, 1.82) is 0 Å². The minimum absolute atomic E-state index is 0.502. The van der Waals surface area contributed by atoms with E-state index in [1.807, 2.05) is 24.3 Å². The number of nitrogens with one attached hydrogen (secondary N) is 2. The van der Waals surface area contributed by atoms with Gasteiger partial charge in [-0.1, -0.05) is 11.6 Å².